The van der Waals surface area contributed by atoms with Crippen LogP contribution in [0.5, 0.6) is 0 Å². The Kier molecular flexibility index (Phi) is 4.56. The molecule has 122 valence electrons. The van der Waals surface area contributed by atoms with E-state index in [0.29, 0.717) is 0 Å². The van der Waals surface area contributed by atoms with Gasteiger partial charge in [0, 0.05) is 21.1 Å². The third-order valence-electron chi connectivity index (χ3n) is 3.27. The van der Waals surface area contributed by atoms with Crippen molar-refractivity contribution in [3.63, 3.8) is 0 Å². The predicted octanol–water partition coefficient (Wildman–Crippen LogP) is 1.42. The van der Waals surface area contributed by atoms with Gasteiger partial charge in [-0.1, -0.05) is 30.3 Å². The Bertz CT molecular complexity index is 691. The van der Waals surface area contributed by atoms with E-state index in [9.17, 15) is 19.2 Å². The van der Waals surface area contributed by atoms with Crippen molar-refractivity contribution in [2.75, 3.05) is 20.3 Å². The molecule has 1 saturated heterocycles. The van der Waals surface area contributed by atoms with Crippen LogP contribution < -0.4 is 0 Å². The first-order valence-corrected chi connectivity index (χ1v) is 6.93. The highest BCUT2D eigenvalue weighted by atomic mass is 16.6. The molecule has 0 aliphatic carbocycles. The number of Topliss-reactive ketones (excluding diaryl/α,β-unsaturated/α-hetero) is 1. The SMILES string of the molecule is [2H]C([2H])(C(=O)c1ccccc1)[C@@H](CC(=O)N1CCOC1=O)C(=O)OC. The van der Waals surface area contributed by atoms with Crippen LogP contribution in [0.15, 0.2) is 30.3 Å². The van der Waals surface area contributed by atoms with Gasteiger partial charge in [0.1, 0.15) is 6.61 Å². The van der Waals surface area contributed by atoms with Gasteiger partial charge < -0.3 is 9.47 Å². The summed E-state index contributed by atoms with van der Waals surface area (Å²) in [6.45, 7) is 0.0461. The second-order valence-corrected chi connectivity index (χ2v) is 4.78. The average Bonchev–Trinajstić information content (AvgIpc) is 3.04. The standard InChI is InChI=1S/C16H17NO6/c1-22-15(20)12(9-13(18)11-5-3-2-4-6-11)10-14(19)17-7-8-23-16(17)21/h2-6,12H,7-10H2,1H3/t12-/m0/s1/i9D2. The van der Waals surface area contributed by atoms with Gasteiger partial charge in [0.2, 0.25) is 5.91 Å². The minimum atomic E-state index is -2.69. The molecule has 1 aromatic carbocycles. The highest BCUT2D eigenvalue weighted by molar-refractivity contribution is 6.00. The van der Waals surface area contributed by atoms with Gasteiger partial charge in [0.15, 0.2) is 5.78 Å². The van der Waals surface area contributed by atoms with Crippen LogP contribution in [0, 0.1) is 5.92 Å². The molecule has 0 aromatic heterocycles. The Balaban J connectivity index is 2.26. The molecule has 2 rings (SSSR count). The van der Waals surface area contributed by atoms with Gasteiger partial charge in [-0.25, -0.2) is 9.69 Å². The summed E-state index contributed by atoms with van der Waals surface area (Å²) in [7, 11) is 1.03. The third-order valence-corrected chi connectivity index (χ3v) is 3.27. The summed E-state index contributed by atoms with van der Waals surface area (Å²) in [5, 5.41) is 0. The summed E-state index contributed by atoms with van der Waals surface area (Å²) in [5.74, 6) is -4.48. The molecule has 1 aliphatic rings. The minimum Gasteiger partial charge on any atom is -0.469 e. The monoisotopic (exact) mass is 321 g/mol. The molecule has 0 radical (unpaired) electrons. The van der Waals surface area contributed by atoms with Gasteiger partial charge >= 0.3 is 12.1 Å². The second kappa shape index (κ2) is 7.53. The molecule has 1 atom stereocenters. The molecule has 1 aromatic rings. The number of hydrogen-bond acceptors (Lipinski definition) is 6. The fourth-order valence-corrected chi connectivity index (χ4v) is 2.07. The van der Waals surface area contributed by atoms with Crippen LogP contribution in [-0.2, 0) is 19.1 Å². The zero-order valence-corrected chi connectivity index (χ0v) is 12.5. The number of benzene rings is 1. The van der Waals surface area contributed by atoms with Crippen molar-refractivity contribution in [3.05, 3.63) is 35.9 Å². The lowest BCUT2D eigenvalue weighted by Crippen LogP contribution is -2.35. The summed E-state index contributed by atoms with van der Waals surface area (Å²) in [6.07, 6.45) is -4.23. The summed E-state index contributed by atoms with van der Waals surface area (Å²) < 4.78 is 25.4. The molecule has 0 bridgehead atoms. The Labute approximate surface area is 136 Å². The molecule has 7 nitrogen and oxygen atoms in total. The molecule has 1 aliphatic heterocycles. The zero-order valence-electron chi connectivity index (χ0n) is 14.5. The molecule has 23 heavy (non-hydrogen) atoms. The van der Waals surface area contributed by atoms with Gasteiger partial charge in [-0.3, -0.25) is 14.4 Å². The van der Waals surface area contributed by atoms with Crippen molar-refractivity contribution in [2.24, 2.45) is 5.92 Å². The number of hydrogen-bond donors (Lipinski definition) is 0. The van der Waals surface area contributed by atoms with E-state index in [-0.39, 0.29) is 18.7 Å². The Morgan fingerprint density at radius 1 is 1.35 bits per heavy atom. The van der Waals surface area contributed by atoms with Gasteiger partial charge in [0.25, 0.3) is 0 Å². The molecule has 0 spiro atoms. The van der Waals surface area contributed by atoms with Crippen LogP contribution in [0.4, 0.5) is 4.79 Å². The van der Waals surface area contributed by atoms with Crippen molar-refractivity contribution in [1.82, 2.24) is 4.90 Å². The van der Waals surface area contributed by atoms with E-state index in [1.165, 1.54) is 12.1 Å². The molecule has 0 saturated carbocycles. The van der Waals surface area contributed by atoms with Crippen molar-refractivity contribution in [3.8, 4) is 0 Å². The molecular weight excluding hydrogens is 302 g/mol. The van der Waals surface area contributed by atoms with E-state index < -0.39 is 42.5 Å². The van der Waals surface area contributed by atoms with E-state index >= 15 is 0 Å². The van der Waals surface area contributed by atoms with Crippen LogP contribution in [0.3, 0.4) is 0 Å². The first-order valence-electron chi connectivity index (χ1n) is 7.93. The summed E-state index contributed by atoms with van der Waals surface area (Å²) in [6, 6.07) is 7.60. The fraction of sp³-hybridized carbons (Fsp3) is 0.375. The van der Waals surface area contributed by atoms with E-state index in [2.05, 4.69) is 9.47 Å². The van der Waals surface area contributed by atoms with E-state index in [1.807, 2.05) is 0 Å². The number of rotatable bonds is 6. The van der Waals surface area contributed by atoms with Gasteiger partial charge in [0.05, 0.1) is 19.6 Å². The van der Waals surface area contributed by atoms with Crippen LogP contribution >= 0.6 is 0 Å². The highest BCUT2D eigenvalue weighted by Gasteiger charge is 2.33. The molecule has 0 unspecified atom stereocenters. The van der Waals surface area contributed by atoms with Gasteiger partial charge in [-0.15, -0.1) is 0 Å². The van der Waals surface area contributed by atoms with Crippen molar-refractivity contribution in [1.29, 1.82) is 0 Å². The maximum atomic E-state index is 12.5. The summed E-state index contributed by atoms with van der Waals surface area (Å²) in [5.41, 5.74) is 0.0643. The lowest BCUT2D eigenvalue weighted by Gasteiger charge is -2.16. The topological polar surface area (TPSA) is 90.0 Å². The van der Waals surface area contributed by atoms with Crippen LogP contribution in [0.2, 0.25) is 0 Å². The summed E-state index contributed by atoms with van der Waals surface area (Å²) >= 11 is 0. The van der Waals surface area contributed by atoms with Crippen molar-refractivity contribution < 1.29 is 31.4 Å². The number of carbonyl (C=O) groups excluding carboxylic acids is 4. The number of ketones is 1. The number of cyclic esters (lactones) is 1. The summed E-state index contributed by atoms with van der Waals surface area (Å²) in [4.78, 5) is 49.0. The lowest BCUT2D eigenvalue weighted by atomic mass is 9.95. The quantitative estimate of drug-likeness (QED) is 0.581. The van der Waals surface area contributed by atoms with Crippen LogP contribution in [0.25, 0.3) is 0 Å². The number of methoxy groups -OCH3 is 1. The van der Waals surface area contributed by atoms with Crippen molar-refractivity contribution in [2.45, 2.75) is 12.8 Å². The smallest absolute Gasteiger partial charge is 0.416 e. The molecule has 0 N–H and O–H groups in total. The fourth-order valence-electron chi connectivity index (χ4n) is 2.07. The van der Waals surface area contributed by atoms with Crippen LogP contribution in [0.1, 0.15) is 25.9 Å². The van der Waals surface area contributed by atoms with E-state index in [1.54, 1.807) is 18.2 Å². The predicted molar refractivity (Wildman–Crippen MR) is 78.6 cm³/mol. The number of nitrogens with zero attached hydrogens (tertiary/aromatic N) is 1. The molecule has 1 fully saturated rings. The minimum absolute atomic E-state index is 0.0151. The zero-order chi connectivity index (χ0) is 18.6. The molecule has 2 amide bonds. The van der Waals surface area contributed by atoms with E-state index in [4.69, 9.17) is 2.74 Å². The number of carbonyl (C=O) groups is 4. The molecular formula is C16H17NO6. The Morgan fingerprint density at radius 2 is 2.04 bits per heavy atom. The third kappa shape index (κ3) is 4.15. The molecule has 7 heteroatoms. The first-order chi connectivity index (χ1) is 11.8. The highest BCUT2D eigenvalue weighted by Crippen LogP contribution is 2.18. The normalized spacial score (nSPS) is 16.9. The second-order valence-electron chi connectivity index (χ2n) is 4.78. The first kappa shape index (κ1) is 13.9. The maximum absolute atomic E-state index is 12.5. The number of ether oxygens (including phenoxy) is 2. The average molecular weight is 321 g/mol. The Morgan fingerprint density at radius 3 is 2.61 bits per heavy atom. The van der Waals surface area contributed by atoms with Crippen molar-refractivity contribution >= 4 is 23.8 Å². The number of imide groups is 1. The molecule has 1 heterocycles. The van der Waals surface area contributed by atoms with Crippen LogP contribution in [-0.4, -0.2) is 48.9 Å². The lowest BCUT2D eigenvalue weighted by molar-refractivity contribution is -0.148. The maximum Gasteiger partial charge on any atom is 0.416 e. The Hall–Kier alpha value is -2.70. The number of esters is 1. The van der Waals surface area contributed by atoms with E-state index in [0.717, 1.165) is 12.0 Å². The van der Waals surface area contributed by atoms with Gasteiger partial charge in [-0.2, -0.15) is 0 Å². The number of amides is 2. The largest absolute Gasteiger partial charge is 0.469 e. The van der Waals surface area contributed by atoms with Gasteiger partial charge in [-0.05, 0) is 0 Å².